The maximum absolute atomic E-state index is 13.5. The lowest BCUT2D eigenvalue weighted by atomic mass is 9.97. The summed E-state index contributed by atoms with van der Waals surface area (Å²) >= 11 is 5.72. The second kappa shape index (κ2) is 7.07. The standard InChI is InChI=1S/C14H20ClFO2/c1-4-11-10-12(6-7-13(11)16)14(17-2,18-3)8-5-9-15/h6-7,10H,4-5,8-9H2,1-3H3. The SMILES string of the molecule is CCc1cc(C(CCCCl)(OC)OC)ccc1F. The highest BCUT2D eigenvalue weighted by Gasteiger charge is 2.31. The lowest BCUT2D eigenvalue weighted by Crippen LogP contribution is -2.31. The fourth-order valence-corrected chi connectivity index (χ4v) is 2.18. The van der Waals surface area contributed by atoms with Gasteiger partial charge in [0.25, 0.3) is 0 Å². The second-order valence-electron chi connectivity index (χ2n) is 4.11. The first-order chi connectivity index (χ1) is 8.63. The summed E-state index contributed by atoms with van der Waals surface area (Å²) in [5.41, 5.74) is 1.49. The Hall–Kier alpha value is -0.640. The minimum atomic E-state index is -0.841. The zero-order valence-electron chi connectivity index (χ0n) is 11.1. The molecule has 1 rings (SSSR count). The molecule has 2 nitrogen and oxygen atoms in total. The molecule has 0 N–H and O–H groups in total. The molecule has 0 unspecified atom stereocenters. The smallest absolute Gasteiger partial charge is 0.194 e. The molecule has 0 bridgehead atoms. The van der Waals surface area contributed by atoms with Crippen LogP contribution in [0.2, 0.25) is 0 Å². The molecular weight excluding hydrogens is 255 g/mol. The van der Waals surface area contributed by atoms with Crippen LogP contribution in [0.15, 0.2) is 18.2 Å². The van der Waals surface area contributed by atoms with Gasteiger partial charge in [-0.3, -0.25) is 0 Å². The van der Waals surface area contributed by atoms with E-state index in [1.54, 1.807) is 26.4 Å². The molecule has 4 heteroatoms. The summed E-state index contributed by atoms with van der Waals surface area (Å²) in [6.45, 7) is 1.92. The van der Waals surface area contributed by atoms with Gasteiger partial charge >= 0.3 is 0 Å². The molecule has 102 valence electrons. The maximum atomic E-state index is 13.5. The molecular formula is C14H20ClFO2. The Morgan fingerprint density at radius 1 is 1.28 bits per heavy atom. The molecule has 0 aromatic heterocycles. The minimum Gasteiger partial charge on any atom is -0.349 e. The van der Waals surface area contributed by atoms with E-state index in [1.165, 1.54) is 6.07 Å². The molecule has 0 aliphatic heterocycles. The lowest BCUT2D eigenvalue weighted by molar-refractivity contribution is -0.220. The van der Waals surface area contributed by atoms with Crippen LogP contribution in [0.5, 0.6) is 0 Å². The van der Waals surface area contributed by atoms with Crippen molar-refractivity contribution in [2.24, 2.45) is 0 Å². The van der Waals surface area contributed by atoms with Gasteiger partial charge in [0.1, 0.15) is 5.82 Å². The molecule has 18 heavy (non-hydrogen) atoms. The van der Waals surface area contributed by atoms with Gasteiger partial charge in [-0.15, -0.1) is 11.6 Å². The number of benzene rings is 1. The third-order valence-electron chi connectivity index (χ3n) is 3.17. The van der Waals surface area contributed by atoms with Crippen LogP contribution < -0.4 is 0 Å². The van der Waals surface area contributed by atoms with E-state index in [1.807, 2.05) is 6.92 Å². The average molecular weight is 275 g/mol. The van der Waals surface area contributed by atoms with E-state index >= 15 is 0 Å². The predicted molar refractivity (Wildman–Crippen MR) is 71.4 cm³/mol. The Kier molecular flexibility index (Phi) is 6.06. The van der Waals surface area contributed by atoms with Crippen LogP contribution in [0.3, 0.4) is 0 Å². The van der Waals surface area contributed by atoms with Crippen molar-refractivity contribution in [3.05, 3.63) is 35.1 Å². The predicted octanol–water partition coefficient (Wildman–Crippen LogP) is 3.85. The number of halogens is 2. The summed E-state index contributed by atoms with van der Waals surface area (Å²) in [5.74, 6) is -0.497. The minimum absolute atomic E-state index is 0.195. The highest BCUT2D eigenvalue weighted by molar-refractivity contribution is 6.17. The number of aryl methyl sites for hydroxylation is 1. The largest absolute Gasteiger partial charge is 0.349 e. The van der Waals surface area contributed by atoms with Gasteiger partial charge in [-0.25, -0.2) is 4.39 Å². The first kappa shape index (κ1) is 15.4. The van der Waals surface area contributed by atoms with E-state index in [9.17, 15) is 4.39 Å². The lowest BCUT2D eigenvalue weighted by Gasteiger charge is -2.31. The molecule has 0 heterocycles. The molecule has 0 saturated carbocycles. The summed E-state index contributed by atoms with van der Waals surface area (Å²) < 4.78 is 24.5. The Bertz CT molecular complexity index is 378. The Morgan fingerprint density at radius 2 is 1.94 bits per heavy atom. The first-order valence-electron chi connectivity index (χ1n) is 6.08. The normalized spacial score (nSPS) is 11.8. The van der Waals surface area contributed by atoms with Crippen molar-refractivity contribution in [1.29, 1.82) is 0 Å². The first-order valence-corrected chi connectivity index (χ1v) is 6.62. The zero-order chi connectivity index (χ0) is 13.6. The van der Waals surface area contributed by atoms with E-state index in [4.69, 9.17) is 21.1 Å². The third-order valence-corrected chi connectivity index (χ3v) is 3.43. The molecule has 0 aliphatic rings. The summed E-state index contributed by atoms with van der Waals surface area (Å²) in [6.07, 6.45) is 2.04. The van der Waals surface area contributed by atoms with Gasteiger partial charge in [0, 0.05) is 32.1 Å². The van der Waals surface area contributed by atoms with E-state index in [0.717, 1.165) is 12.0 Å². The van der Waals surface area contributed by atoms with E-state index in [2.05, 4.69) is 0 Å². The quantitative estimate of drug-likeness (QED) is 0.555. The fourth-order valence-electron chi connectivity index (χ4n) is 2.05. The number of hydrogen-bond donors (Lipinski definition) is 0. The molecule has 0 spiro atoms. The molecule has 0 fully saturated rings. The van der Waals surface area contributed by atoms with Crippen LogP contribution in [0.4, 0.5) is 4.39 Å². The van der Waals surface area contributed by atoms with E-state index < -0.39 is 5.79 Å². The van der Waals surface area contributed by atoms with Crippen LogP contribution in [0.25, 0.3) is 0 Å². The number of hydrogen-bond acceptors (Lipinski definition) is 2. The van der Waals surface area contributed by atoms with Crippen LogP contribution in [0, 0.1) is 5.82 Å². The molecule has 0 amide bonds. The van der Waals surface area contributed by atoms with Gasteiger partial charge in [-0.1, -0.05) is 13.0 Å². The summed E-state index contributed by atoms with van der Waals surface area (Å²) in [5, 5.41) is 0. The van der Waals surface area contributed by atoms with E-state index in [-0.39, 0.29) is 5.82 Å². The maximum Gasteiger partial charge on any atom is 0.194 e. The monoisotopic (exact) mass is 274 g/mol. The summed E-state index contributed by atoms with van der Waals surface area (Å²) in [6, 6.07) is 4.97. The van der Waals surface area contributed by atoms with Gasteiger partial charge in [-0.2, -0.15) is 0 Å². The van der Waals surface area contributed by atoms with Gasteiger partial charge in [-0.05, 0) is 30.5 Å². The number of alkyl halides is 1. The van der Waals surface area contributed by atoms with Crippen molar-refractivity contribution in [3.8, 4) is 0 Å². The number of ether oxygens (including phenoxy) is 2. The van der Waals surface area contributed by atoms with Crippen molar-refractivity contribution < 1.29 is 13.9 Å². The average Bonchev–Trinajstić information content (AvgIpc) is 2.42. The van der Waals surface area contributed by atoms with Crippen molar-refractivity contribution >= 4 is 11.6 Å². The second-order valence-corrected chi connectivity index (χ2v) is 4.49. The van der Waals surface area contributed by atoms with Crippen LogP contribution in [0.1, 0.15) is 30.9 Å². The van der Waals surface area contributed by atoms with Crippen LogP contribution in [-0.4, -0.2) is 20.1 Å². The Labute approximate surface area is 113 Å². The van der Waals surface area contributed by atoms with Crippen molar-refractivity contribution in [2.75, 3.05) is 20.1 Å². The fraction of sp³-hybridized carbons (Fsp3) is 0.571. The molecule has 1 aromatic carbocycles. The number of rotatable bonds is 7. The topological polar surface area (TPSA) is 18.5 Å². The van der Waals surface area contributed by atoms with Crippen molar-refractivity contribution in [1.82, 2.24) is 0 Å². The molecule has 0 aliphatic carbocycles. The Morgan fingerprint density at radius 3 is 2.44 bits per heavy atom. The number of methoxy groups -OCH3 is 2. The van der Waals surface area contributed by atoms with Crippen LogP contribution in [-0.2, 0) is 21.7 Å². The molecule has 0 radical (unpaired) electrons. The summed E-state index contributed by atoms with van der Waals surface area (Å²) in [4.78, 5) is 0. The van der Waals surface area contributed by atoms with Crippen LogP contribution >= 0.6 is 11.6 Å². The van der Waals surface area contributed by atoms with Crippen molar-refractivity contribution in [2.45, 2.75) is 32.0 Å². The van der Waals surface area contributed by atoms with Gasteiger partial charge in [0.2, 0.25) is 0 Å². The molecule has 0 saturated heterocycles. The highest BCUT2D eigenvalue weighted by atomic mass is 35.5. The molecule has 1 aromatic rings. The third kappa shape index (κ3) is 3.22. The van der Waals surface area contributed by atoms with Gasteiger partial charge in [0.05, 0.1) is 0 Å². The van der Waals surface area contributed by atoms with Crippen molar-refractivity contribution in [3.63, 3.8) is 0 Å². The highest BCUT2D eigenvalue weighted by Crippen LogP contribution is 2.32. The summed E-state index contributed by atoms with van der Waals surface area (Å²) in [7, 11) is 3.18. The Balaban J connectivity index is 3.12. The van der Waals surface area contributed by atoms with E-state index in [0.29, 0.717) is 24.3 Å². The molecule has 0 atom stereocenters. The van der Waals surface area contributed by atoms with Gasteiger partial charge < -0.3 is 9.47 Å². The van der Waals surface area contributed by atoms with Gasteiger partial charge in [0.15, 0.2) is 5.79 Å². The zero-order valence-corrected chi connectivity index (χ0v) is 11.9.